The Morgan fingerprint density at radius 2 is 1.86 bits per heavy atom. The van der Waals surface area contributed by atoms with E-state index in [9.17, 15) is 10.2 Å². The number of ether oxygens (including phenoxy) is 2. The normalized spacial score (nSPS) is 25.2. The molecular weight excluding hydrogens is 376 g/mol. The first kappa shape index (κ1) is 18.7. The molecule has 2 aromatic rings. The summed E-state index contributed by atoms with van der Waals surface area (Å²) < 4.78 is 11.9. The van der Waals surface area contributed by atoms with Gasteiger partial charge < -0.3 is 30.3 Å². The largest absolute Gasteiger partial charge is 0.504 e. The Kier molecular flexibility index (Phi) is 4.30. The Hall–Kier alpha value is -2.67. The van der Waals surface area contributed by atoms with Crippen molar-refractivity contribution in [2.45, 2.75) is 43.9 Å². The number of para-hydroxylation sites is 1. The van der Waals surface area contributed by atoms with Crippen LogP contribution in [-0.2, 0) is 0 Å². The number of fused-ring (bicyclic) bond motifs is 1. The van der Waals surface area contributed by atoms with Gasteiger partial charge in [-0.25, -0.2) is 0 Å². The SMILES string of the molecule is COc1ccccc1[C@@H]1C[C@]2(CC(C)(C)NC(=S)N2)Oc2c1ccc(O)c2O. The van der Waals surface area contributed by atoms with Gasteiger partial charge in [0.1, 0.15) is 5.75 Å². The number of thiocarbonyl (C=S) groups is 1. The van der Waals surface area contributed by atoms with E-state index in [2.05, 4.69) is 24.5 Å². The molecule has 0 aromatic heterocycles. The minimum absolute atomic E-state index is 0.115. The van der Waals surface area contributed by atoms with Crippen LogP contribution >= 0.6 is 12.2 Å². The summed E-state index contributed by atoms with van der Waals surface area (Å²) in [7, 11) is 1.64. The quantitative estimate of drug-likeness (QED) is 0.454. The fourth-order valence-corrected chi connectivity index (χ4v) is 4.86. The Morgan fingerprint density at radius 1 is 1.11 bits per heavy atom. The van der Waals surface area contributed by atoms with Crippen molar-refractivity contribution in [3.8, 4) is 23.0 Å². The van der Waals surface area contributed by atoms with E-state index in [1.807, 2.05) is 24.3 Å². The maximum absolute atomic E-state index is 10.6. The molecule has 1 spiro atoms. The summed E-state index contributed by atoms with van der Waals surface area (Å²) in [6, 6.07) is 11.1. The van der Waals surface area contributed by atoms with Gasteiger partial charge in [-0.1, -0.05) is 24.3 Å². The third kappa shape index (κ3) is 3.09. The number of phenolic OH excluding ortho intramolecular Hbond substituents is 2. The monoisotopic (exact) mass is 400 g/mol. The highest BCUT2D eigenvalue weighted by Gasteiger charge is 2.49. The minimum atomic E-state index is -0.824. The van der Waals surface area contributed by atoms with Gasteiger partial charge in [0.15, 0.2) is 22.3 Å². The van der Waals surface area contributed by atoms with Crippen LogP contribution < -0.4 is 20.1 Å². The number of nitrogens with one attached hydrogen (secondary N) is 2. The molecule has 0 radical (unpaired) electrons. The average Bonchev–Trinajstić information content (AvgIpc) is 2.62. The molecule has 4 rings (SSSR count). The Bertz CT molecular complexity index is 946. The molecule has 0 aliphatic carbocycles. The van der Waals surface area contributed by atoms with Gasteiger partial charge >= 0.3 is 0 Å². The Morgan fingerprint density at radius 3 is 2.57 bits per heavy atom. The van der Waals surface area contributed by atoms with Gasteiger partial charge in [0, 0.05) is 35.4 Å². The van der Waals surface area contributed by atoms with E-state index in [1.165, 1.54) is 6.07 Å². The van der Waals surface area contributed by atoms with E-state index in [0.717, 1.165) is 16.9 Å². The summed E-state index contributed by atoms with van der Waals surface area (Å²) in [6.07, 6.45) is 1.20. The zero-order valence-corrected chi connectivity index (χ0v) is 16.9. The van der Waals surface area contributed by atoms with Crippen LogP contribution in [0, 0.1) is 0 Å². The zero-order chi connectivity index (χ0) is 20.1. The van der Waals surface area contributed by atoms with Gasteiger partial charge in [-0.05, 0) is 38.2 Å². The first-order chi connectivity index (χ1) is 13.2. The summed E-state index contributed by atoms with van der Waals surface area (Å²) in [5.74, 6) is 0.440. The average molecular weight is 401 g/mol. The van der Waals surface area contributed by atoms with E-state index < -0.39 is 5.72 Å². The van der Waals surface area contributed by atoms with Crippen LogP contribution in [0.15, 0.2) is 36.4 Å². The molecule has 1 fully saturated rings. The summed E-state index contributed by atoms with van der Waals surface area (Å²) in [6.45, 7) is 4.11. The van der Waals surface area contributed by atoms with Crippen molar-refractivity contribution in [3.63, 3.8) is 0 Å². The number of hydrogen-bond donors (Lipinski definition) is 4. The third-order valence-electron chi connectivity index (χ3n) is 5.38. The number of rotatable bonds is 2. The van der Waals surface area contributed by atoms with E-state index in [1.54, 1.807) is 13.2 Å². The molecule has 4 N–H and O–H groups in total. The van der Waals surface area contributed by atoms with Crippen LogP contribution in [0.25, 0.3) is 0 Å². The van der Waals surface area contributed by atoms with E-state index in [-0.39, 0.29) is 28.7 Å². The van der Waals surface area contributed by atoms with Gasteiger partial charge in [0.05, 0.1) is 7.11 Å². The highest BCUT2D eigenvalue weighted by molar-refractivity contribution is 7.80. The molecule has 0 bridgehead atoms. The predicted molar refractivity (Wildman–Crippen MR) is 110 cm³/mol. The smallest absolute Gasteiger partial charge is 0.200 e. The van der Waals surface area contributed by atoms with Crippen molar-refractivity contribution < 1.29 is 19.7 Å². The first-order valence-corrected chi connectivity index (χ1v) is 9.61. The van der Waals surface area contributed by atoms with Gasteiger partial charge in [-0.2, -0.15) is 0 Å². The highest BCUT2D eigenvalue weighted by atomic mass is 32.1. The lowest BCUT2D eigenvalue weighted by molar-refractivity contribution is -0.0151. The van der Waals surface area contributed by atoms with Crippen molar-refractivity contribution in [2.24, 2.45) is 0 Å². The summed E-state index contributed by atoms with van der Waals surface area (Å²) in [5, 5.41) is 27.7. The topological polar surface area (TPSA) is 83.0 Å². The van der Waals surface area contributed by atoms with E-state index in [0.29, 0.717) is 18.0 Å². The van der Waals surface area contributed by atoms with Crippen molar-refractivity contribution in [3.05, 3.63) is 47.5 Å². The number of hydrogen-bond acceptors (Lipinski definition) is 5. The number of phenols is 2. The molecule has 148 valence electrons. The molecule has 2 aliphatic heterocycles. The summed E-state index contributed by atoms with van der Waals surface area (Å²) in [5.41, 5.74) is 0.672. The molecule has 1 saturated heterocycles. The second-order valence-corrected chi connectivity index (χ2v) is 8.49. The molecule has 2 atom stereocenters. The van der Waals surface area contributed by atoms with Crippen molar-refractivity contribution in [1.29, 1.82) is 0 Å². The van der Waals surface area contributed by atoms with Gasteiger partial charge in [0.2, 0.25) is 5.75 Å². The first-order valence-electron chi connectivity index (χ1n) is 9.21. The molecule has 28 heavy (non-hydrogen) atoms. The second kappa shape index (κ2) is 6.44. The summed E-state index contributed by atoms with van der Waals surface area (Å²) >= 11 is 5.43. The van der Waals surface area contributed by atoms with Crippen LogP contribution in [-0.4, -0.2) is 33.7 Å². The van der Waals surface area contributed by atoms with Crippen LogP contribution in [0.5, 0.6) is 23.0 Å². The van der Waals surface area contributed by atoms with Gasteiger partial charge in [0.25, 0.3) is 0 Å². The molecular formula is C21H24N2O4S. The van der Waals surface area contributed by atoms with Crippen LogP contribution in [0.3, 0.4) is 0 Å². The minimum Gasteiger partial charge on any atom is -0.504 e. The van der Waals surface area contributed by atoms with Gasteiger partial charge in [-0.3, -0.25) is 0 Å². The zero-order valence-electron chi connectivity index (χ0n) is 16.1. The molecule has 7 heteroatoms. The van der Waals surface area contributed by atoms with Gasteiger partial charge in [-0.15, -0.1) is 0 Å². The predicted octanol–water partition coefficient (Wildman–Crippen LogP) is 3.36. The van der Waals surface area contributed by atoms with E-state index in [4.69, 9.17) is 21.7 Å². The maximum Gasteiger partial charge on any atom is 0.200 e. The van der Waals surface area contributed by atoms with Crippen molar-refractivity contribution in [1.82, 2.24) is 10.6 Å². The van der Waals surface area contributed by atoms with Crippen LogP contribution in [0.4, 0.5) is 0 Å². The Labute approximate surface area is 169 Å². The van der Waals surface area contributed by atoms with Crippen LogP contribution in [0.2, 0.25) is 0 Å². The molecule has 2 aromatic carbocycles. The molecule has 2 aliphatic rings. The number of benzene rings is 2. The van der Waals surface area contributed by atoms with Crippen molar-refractivity contribution in [2.75, 3.05) is 7.11 Å². The lowest BCUT2D eigenvalue weighted by atomic mass is 9.77. The maximum atomic E-state index is 10.6. The molecule has 2 heterocycles. The van der Waals surface area contributed by atoms with Crippen molar-refractivity contribution >= 4 is 17.3 Å². The highest BCUT2D eigenvalue weighted by Crippen LogP contribution is 2.53. The number of methoxy groups -OCH3 is 1. The lowest BCUT2D eigenvalue weighted by Crippen LogP contribution is -2.69. The molecule has 0 saturated carbocycles. The second-order valence-electron chi connectivity index (χ2n) is 8.09. The molecule has 6 nitrogen and oxygen atoms in total. The van der Waals surface area contributed by atoms with Crippen LogP contribution in [0.1, 0.15) is 43.7 Å². The third-order valence-corrected chi connectivity index (χ3v) is 5.59. The van der Waals surface area contributed by atoms with E-state index >= 15 is 0 Å². The Balaban J connectivity index is 1.89. The molecule has 0 amide bonds. The fraction of sp³-hybridized carbons (Fsp3) is 0.381. The lowest BCUT2D eigenvalue weighted by Gasteiger charge is -2.50. The summed E-state index contributed by atoms with van der Waals surface area (Å²) in [4.78, 5) is 0. The number of aromatic hydroxyl groups is 2. The fourth-order valence-electron chi connectivity index (χ4n) is 4.40. The standard InChI is InChI=1S/C21H24N2O4S/c1-20(2)11-21(23-19(28)22-20)10-14(12-6-4-5-7-16(12)26-3)13-8-9-15(24)17(25)18(13)27-21/h4-9,14,24-25H,10-11H2,1-3H3,(H2,22,23,28)/t14-,21+/m0/s1. The molecule has 0 unspecified atom stereocenters.